The van der Waals surface area contributed by atoms with Crippen LogP contribution in [-0.2, 0) is 0 Å². The average Bonchev–Trinajstić information content (AvgIpc) is 3.17. The quantitative estimate of drug-likeness (QED) is 0.545. The van der Waals surface area contributed by atoms with E-state index in [0.29, 0.717) is 16.8 Å². The lowest BCUT2D eigenvalue weighted by molar-refractivity contribution is 0.0742. The van der Waals surface area contributed by atoms with Gasteiger partial charge in [0, 0.05) is 36.8 Å². The Morgan fingerprint density at radius 3 is 2.68 bits per heavy atom. The maximum Gasteiger partial charge on any atom is 0.259 e. The molecule has 0 saturated carbocycles. The molecule has 7 heteroatoms. The summed E-state index contributed by atoms with van der Waals surface area (Å²) in [5.41, 5.74) is 2.90. The number of amides is 1. The third-order valence-electron chi connectivity index (χ3n) is 4.85. The molecule has 1 atom stereocenters. The van der Waals surface area contributed by atoms with Crippen molar-refractivity contribution in [3.63, 3.8) is 0 Å². The Morgan fingerprint density at radius 2 is 1.93 bits per heavy atom. The van der Waals surface area contributed by atoms with Crippen LogP contribution in [0.25, 0.3) is 16.9 Å². The second kappa shape index (κ2) is 7.19. The number of rotatable bonds is 4. The maximum absolute atomic E-state index is 14.1. The van der Waals surface area contributed by atoms with Crippen molar-refractivity contribution in [3.8, 4) is 11.3 Å². The fraction of sp³-hybridized carbons (Fsp3) is 0.143. The van der Waals surface area contributed by atoms with E-state index in [-0.39, 0.29) is 11.7 Å². The molecule has 0 saturated heterocycles. The zero-order valence-electron chi connectivity index (χ0n) is 15.5. The van der Waals surface area contributed by atoms with E-state index < -0.39 is 6.04 Å². The molecule has 140 valence electrons. The van der Waals surface area contributed by atoms with Gasteiger partial charge in [-0.3, -0.25) is 9.78 Å². The fourth-order valence-electron chi connectivity index (χ4n) is 3.16. The molecular formula is C21H18FN5O. The molecule has 28 heavy (non-hydrogen) atoms. The summed E-state index contributed by atoms with van der Waals surface area (Å²) >= 11 is 0. The lowest BCUT2D eigenvalue weighted by Crippen LogP contribution is -2.30. The Bertz CT molecular complexity index is 1140. The summed E-state index contributed by atoms with van der Waals surface area (Å²) in [6, 6.07) is 11.6. The predicted octanol–water partition coefficient (Wildman–Crippen LogP) is 3.76. The number of carbonyl (C=O) groups excluding carboxylic acids is 1. The van der Waals surface area contributed by atoms with Crippen molar-refractivity contribution in [2.24, 2.45) is 0 Å². The van der Waals surface area contributed by atoms with Crippen LogP contribution in [0.5, 0.6) is 0 Å². The smallest absolute Gasteiger partial charge is 0.259 e. The molecular weight excluding hydrogens is 357 g/mol. The largest absolute Gasteiger partial charge is 0.335 e. The molecule has 0 aliphatic rings. The molecule has 0 aliphatic heterocycles. The van der Waals surface area contributed by atoms with Crippen LogP contribution in [0.15, 0.2) is 67.3 Å². The highest BCUT2D eigenvalue weighted by Crippen LogP contribution is 2.25. The van der Waals surface area contributed by atoms with Crippen LogP contribution in [0.2, 0.25) is 0 Å². The Kier molecular flexibility index (Phi) is 4.57. The van der Waals surface area contributed by atoms with E-state index in [1.54, 1.807) is 55.3 Å². The van der Waals surface area contributed by atoms with Gasteiger partial charge in [0.05, 0.1) is 17.9 Å². The first-order valence-electron chi connectivity index (χ1n) is 8.82. The predicted molar refractivity (Wildman–Crippen MR) is 103 cm³/mol. The third-order valence-corrected chi connectivity index (χ3v) is 4.85. The van der Waals surface area contributed by atoms with Gasteiger partial charge in [-0.1, -0.05) is 18.2 Å². The minimum atomic E-state index is -0.440. The summed E-state index contributed by atoms with van der Waals surface area (Å²) in [5, 5.41) is 4.35. The molecule has 0 aliphatic carbocycles. The lowest BCUT2D eigenvalue weighted by Gasteiger charge is -2.25. The number of benzene rings is 1. The Balaban J connectivity index is 1.72. The zero-order valence-corrected chi connectivity index (χ0v) is 15.5. The van der Waals surface area contributed by atoms with E-state index in [2.05, 4.69) is 15.1 Å². The van der Waals surface area contributed by atoms with Gasteiger partial charge in [-0.05, 0) is 31.2 Å². The van der Waals surface area contributed by atoms with Gasteiger partial charge in [0.2, 0.25) is 0 Å². The highest BCUT2D eigenvalue weighted by Gasteiger charge is 2.24. The topological polar surface area (TPSA) is 63.4 Å². The van der Waals surface area contributed by atoms with Gasteiger partial charge in [-0.15, -0.1) is 0 Å². The lowest BCUT2D eigenvalue weighted by atomic mass is 10.1. The van der Waals surface area contributed by atoms with Gasteiger partial charge in [0.25, 0.3) is 5.91 Å². The zero-order chi connectivity index (χ0) is 19.7. The number of fused-ring (bicyclic) bond motifs is 1. The van der Waals surface area contributed by atoms with Crippen LogP contribution in [0.3, 0.4) is 0 Å². The number of pyridine rings is 1. The normalized spacial score (nSPS) is 12.1. The Hall–Kier alpha value is -3.61. The molecule has 4 rings (SSSR count). The molecule has 3 heterocycles. The van der Waals surface area contributed by atoms with Crippen LogP contribution in [0, 0.1) is 5.82 Å². The molecule has 4 aromatic rings. The van der Waals surface area contributed by atoms with E-state index in [1.165, 1.54) is 17.2 Å². The van der Waals surface area contributed by atoms with Crippen LogP contribution in [0.4, 0.5) is 4.39 Å². The minimum absolute atomic E-state index is 0.276. The van der Waals surface area contributed by atoms with Crippen molar-refractivity contribution in [2.45, 2.75) is 13.0 Å². The highest BCUT2D eigenvalue weighted by atomic mass is 19.1. The fourth-order valence-corrected chi connectivity index (χ4v) is 3.16. The first-order chi connectivity index (χ1) is 13.6. The van der Waals surface area contributed by atoms with Crippen LogP contribution >= 0.6 is 0 Å². The number of carbonyl (C=O) groups is 1. The van der Waals surface area contributed by atoms with Gasteiger partial charge in [0.15, 0.2) is 5.65 Å². The summed E-state index contributed by atoms with van der Waals surface area (Å²) in [6.07, 6.45) is 6.55. The molecule has 0 N–H and O–H groups in total. The van der Waals surface area contributed by atoms with E-state index >= 15 is 0 Å². The van der Waals surface area contributed by atoms with Crippen molar-refractivity contribution in [1.29, 1.82) is 0 Å². The molecule has 1 amide bonds. The summed E-state index contributed by atoms with van der Waals surface area (Å²) in [7, 11) is 1.65. The summed E-state index contributed by atoms with van der Waals surface area (Å²) < 4.78 is 15.7. The highest BCUT2D eigenvalue weighted by molar-refractivity contribution is 6.00. The van der Waals surface area contributed by atoms with Gasteiger partial charge < -0.3 is 4.90 Å². The number of hydrogen-bond donors (Lipinski definition) is 0. The van der Waals surface area contributed by atoms with E-state index in [4.69, 9.17) is 0 Å². The number of nitrogens with zero attached hydrogens (tertiary/aromatic N) is 5. The second-order valence-electron chi connectivity index (χ2n) is 6.48. The van der Waals surface area contributed by atoms with Crippen molar-refractivity contribution >= 4 is 11.6 Å². The first-order valence-corrected chi connectivity index (χ1v) is 8.82. The SMILES string of the molecule is CC(c1ccccc1F)N(C)C(=O)c1cnn2c(-c3cccnc3)ccnc12. The van der Waals surface area contributed by atoms with Gasteiger partial charge >= 0.3 is 0 Å². The number of hydrogen-bond acceptors (Lipinski definition) is 4. The molecule has 0 fully saturated rings. The molecule has 1 aromatic carbocycles. The van der Waals surface area contributed by atoms with Crippen molar-refractivity contribution in [2.75, 3.05) is 7.05 Å². The van der Waals surface area contributed by atoms with Crippen molar-refractivity contribution < 1.29 is 9.18 Å². The van der Waals surface area contributed by atoms with Crippen LogP contribution in [-0.4, -0.2) is 37.4 Å². The van der Waals surface area contributed by atoms with Gasteiger partial charge in [-0.2, -0.15) is 5.10 Å². The molecule has 0 spiro atoms. The summed E-state index contributed by atoms with van der Waals surface area (Å²) in [4.78, 5) is 23.1. The van der Waals surface area contributed by atoms with Crippen molar-refractivity contribution in [1.82, 2.24) is 24.5 Å². The number of halogens is 1. The Labute approximate surface area is 161 Å². The van der Waals surface area contributed by atoms with E-state index in [0.717, 1.165) is 11.3 Å². The third kappa shape index (κ3) is 3.00. The van der Waals surface area contributed by atoms with Gasteiger partial charge in [0.1, 0.15) is 11.4 Å². The van der Waals surface area contributed by atoms with Crippen molar-refractivity contribution in [3.05, 3.63) is 84.2 Å². The van der Waals surface area contributed by atoms with Crippen LogP contribution < -0.4 is 0 Å². The Morgan fingerprint density at radius 1 is 1.11 bits per heavy atom. The monoisotopic (exact) mass is 375 g/mol. The van der Waals surface area contributed by atoms with Gasteiger partial charge in [-0.25, -0.2) is 13.9 Å². The molecule has 1 unspecified atom stereocenters. The molecule has 3 aromatic heterocycles. The average molecular weight is 375 g/mol. The summed E-state index contributed by atoms with van der Waals surface area (Å²) in [6.45, 7) is 1.79. The molecule has 0 radical (unpaired) electrons. The maximum atomic E-state index is 14.1. The van der Waals surface area contributed by atoms with E-state index in [1.807, 2.05) is 18.2 Å². The standard InChI is InChI=1S/C21H18FN5O/c1-14(16-7-3-4-8-18(16)22)26(2)21(28)17-13-25-27-19(9-11-24-20(17)27)15-6-5-10-23-12-15/h3-14H,1-2H3. The minimum Gasteiger partial charge on any atom is -0.335 e. The summed E-state index contributed by atoms with van der Waals surface area (Å²) in [5.74, 6) is -0.618. The van der Waals surface area contributed by atoms with Crippen LogP contribution in [0.1, 0.15) is 28.9 Å². The molecule has 6 nitrogen and oxygen atoms in total. The first kappa shape index (κ1) is 17.8. The second-order valence-corrected chi connectivity index (χ2v) is 6.48. The van der Waals surface area contributed by atoms with E-state index in [9.17, 15) is 9.18 Å². The molecule has 0 bridgehead atoms. The number of aromatic nitrogens is 4.